The number of methoxy groups -OCH3 is 1. The first kappa shape index (κ1) is 25.4. The highest BCUT2D eigenvalue weighted by Crippen LogP contribution is 2.37. The Kier molecular flexibility index (Phi) is 8.97. The molecule has 11 heteroatoms. The molecule has 0 atom stereocenters. The largest absolute Gasteiger partial charge is 0.493 e. The molecule has 1 aromatic heterocycles. The number of halogens is 3. The van der Waals surface area contributed by atoms with E-state index in [1.807, 2.05) is 36.4 Å². The number of aromatic nitrogens is 4. The summed E-state index contributed by atoms with van der Waals surface area (Å²) in [6.07, 6.45) is 0. The molecule has 0 aliphatic rings. The summed E-state index contributed by atoms with van der Waals surface area (Å²) in [6, 6.07) is 18.0. The molecule has 0 unspecified atom stereocenters. The fourth-order valence-corrected chi connectivity index (χ4v) is 4.77. The molecule has 0 aliphatic heterocycles. The molecule has 0 spiro atoms. The summed E-state index contributed by atoms with van der Waals surface area (Å²) in [5.41, 5.74) is 2.06. The van der Waals surface area contributed by atoms with Gasteiger partial charge in [0, 0.05) is 34.4 Å². The first-order chi connectivity index (χ1) is 17.1. The van der Waals surface area contributed by atoms with E-state index in [2.05, 4.69) is 36.8 Å². The third-order valence-corrected chi connectivity index (χ3v) is 7.08. The molecule has 3 aromatic carbocycles. The summed E-state index contributed by atoms with van der Waals surface area (Å²) >= 11 is 11.3. The molecular formula is C24H22BrClFN5O2S. The van der Waals surface area contributed by atoms with Gasteiger partial charge in [-0.05, 0) is 46.8 Å². The van der Waals surface area contributed by atoms with Crippen molar-refractivity contribution >= 4 is 39.3 Å². The number of nitrogens with one attached hydrogen (secondary N) is 1. The average Bonchev–Trinajstić information content (AvgIpc) is 3.34. The van der Waals surface area contributed by atoms with Crippen LogP contribution >= 0.6 is 39.3 Å². The highest BCUT2D eigenvalue weighted by Gasteiger charge is 2.17. The van der Waals surface area contributed by atoms with Crippen LogP contribution in [0, 0.1) is 5.82 Å². The number of hydrogen-bond acceptors (Lipinski definition) is 7. The third-order valence-electron chi connectivity index (χ3n) is 5.06. The lowest BCUT2D eigenvalue weighted by atomic mass is 10.1. The maximum absolute atomic E-state index is 14.2. The molecule has 0 bridgehead atoms. The van der Waals surface area contributed by atoms with Crippen molar-refractivity contribution in [3.63, 3.8) is 0 Å². The molecule has 0 saturated carbocycles. The number of thioether (sulfide) groups is 1. The number of para-hydroxylation sites is 1. The van der Waals surface area contributed by atoms with Crippen LogP contribution in [-0.4, -0.2) is 39.6 Å². The van der Waals surface area contributed by atoms with E-state index in [4.69, 9.17) is 21.1 Å². The molecule has 0 radical (unpaired) electrons. The van der Waals surface area contributed by atoms with E-state index in [-0.39, 0.29) is 6.61 Å². The van der Waals surface area contributed by atoms with Gasteiger partial charge in [-0.15, -0.1) is 5.10 Å². The van der Waals surface area contributed by atoms with Crippen molar-refractivity contribution in [1.82, 2.24) is 25.5 Å². The van der Waals surface area contributed by atoms with Gasteiger partial charge < -0.3 is 14.8 Å². The summed E-state index contributed by atoms with van der Waals surface area (Å²) < 4.78 is 28.3. The minimum absolute atomic E-state index is 0.0245. The number of hydrogen-bond donors (Lipinski definition) is 1. The quantitative estimate of drug-likeness (QED) is 0.181. The van der Waals surface area contributed by atoms with Crippen molar-refractivity contribution in [1.29, 1.82) is 0 Å². The second-order valence-corrected chi connectivity index (χ2v) is 9.60. The Morgan fingerprint density at radius 3 is 2.69 bits per heavy atom. The Balaban J connectivity index is 1.38. The van der Waals surface area contributed by atoms with E-state index in [0.29, 0.717) is 40.3 Å². The monoisotopic (exact) mass is 577 g/mol. The maximum atomic E-state index is 14.2. The van der Waals surface area contributed by atoms with Gasteiger partial charge in [0.05, 0.1) is 17.8 Å². The number of tetrazole rings is 1. The standard InChI is InChI=1S/C24H22BrClFN5O2S/c1-33-22-11-10-19(25)17(23(22)34-15-18-20(26)8-5-9-21(18)27)14-28-12-13-35-24-29-30-31-32(24)16-6-3-2-4-7-16/h2-11,28H,12-15H2,1H3. The summed E-state index contributed by atoms with van der Waals surface area (Å²) in [6.45, 7) is 1.17. The van der Waals surface area contributed by atoms with Crippen LogP contribution in [0.5, 0.6) is 11.5 Å². The van der Waals surface area contributed by atoms with Gasteiger partial charge in [0.25, 0.3) is 0 Å². The molecule has 35 heavy (non-hydrogen) atoms. The van der Waals surface area contributed by atoms with Crippen molar-refractivity contribution in [2.24, 2.45) is 0 Å². The average molecular weight is 579 g/mol. The van der Waals surface area contributed by atoms with Gasteiger partial charge >= 0.3 is 0 Å². The highest BCUT2D eigenvalue weighted by molar-refractivity contribution is 9.10. The van der Waals surface area contributed by atoms with Crippen molar-refractivity contribution in [2.45, 2.75) is 18.3 Å². The summed E-state index contributed by atoms with van der Waals surface area (Å²) in [4.78, 5) is 0. The molecule has 0 aliphatic carbocycles. The van der Waals surface area contributed by atoms with Crippen LogP contribution in [0.3, 0.4) is 0 Å². The summed E-state index contributed by atoms with van der Waals surface area (Å²) in [5.74, 6) is 1.40. The first-order valence-corrected chi connectivity index (χ1v) is 12.8. The predicted octanol–water partition coefficient (Wildman–Crippen LogP) is 5.69. The van der Waals surface area contributed by atoms with Gasteiger partial charge in [-0.3, -0.25) is 0 Å². The van der Waals surface area contributed by atoms with Gasteiger partial charge in [-0.25, -0.2) is 4.39 Å². The lowest BCUT2D eigenvalue weighted by Gasteiger charge is -2.18. The SMILES string of the molecule is COc1ccc(Br)c(CNCCSc2nnnn2-c2ccccc2)c1OCc1c(F)cccc1Cl. The van der Waals surface area contributed by atoms with Crippen LogP contribution in [0.4, 0.5) is 4.39 Å². The highest BCUT2D eigenvalue weighted by atomic mass is 79.9. The molecule has 7 nitrogen and oxygen atoms in total. The summed E-state index contributed by atoms with van der Waals surface area (Å²) in [5, 5.41) is 16.4. The fourth-order valence-electron chi connectivity index (χ4n) is 3.31. The van der Waals surface area contributed by atoms with Crippen molar-refractivity contribution in [2.75, 3.05) is 19.4 Å². The number of ether oxygens (including phenoxy) is 2. The van der Waals surface area contributed by atoms with E-state index >= 15 is 0 Å². The molecule has 0 fully saturated rings. The molecule has 0 amide bonds. The minimum Gasteiger partial charge on any atom is -0.493 e. The number of benzene rings is 3. The lowest BCUT2D eigenvalue weighted by molar-refractivity contribution is 0.276. The Bertz CT molecular complexity index is 1260. The van der Waals surface area contributed by atoms with Crippen molar-refractivity contribution in [3.05, 3.63) is 87.1 Å². The molecular weight excluding hydrogens is 557 g/mol. The normalized spacial score (nSPS) is 11.0. The molecule has 1 N–H and O–H groups in total. The van der Waals surface area contributed by atoms with E-state index in [1.165, 1.54) is 6.07 Å². The van der Waals surface area contributed by atoms with Crippen molar-refractivity contribution in [3.8, 4) is 17.2 Å². The first-order valence-electron chi connectivity index (χ1n) is 10.7. The smallest absolute Gasteiger partial charge is 0.214 e. The second kappa shape index (κ2) is 12.3. The molecule has 4 aromatic rings. The lowest BCUT2D eigenvalue weighted by Crippen LogP contribution is -2.18. The molecule has 182 valence electrons. The van der Waals surface area contributed by atoms with Gasteiger partial charge in [0.15, 0.2) is 11.5 Å². The fraction of sp³-hybridized carbons (Fsp3) is 0.208. The zero-order valence-electron chi connectivity index (χ0n) is 18.7. The topological polar surface area (TPSA) is 74.1 Å². The zero-order chi connectivity index (χ0) is 24.6. The van der Waals surface area contributed by atoms with Gasteiger partial charge in [-0.1, -0.05) is 63.6 Å². The van der Waals surface area contributed by atoms with Crippen LogP contribution in [0.15, 0.2) is 70.3 Å². The predicted molar refractivity (Wildman–Crippen MR) is 138 cm³/mol. The van der Waals surface area contributed by atoms with Crippen LogP contribution in [0.2, 0.25) is 5.02 Å². The van der Waals surface area contributed by atoms with Gasteiger partial charge in [0.2, 0.25) is 5.16 Å². The van der Waals surface area contributed by atoms with Gasteiger partial charge in [-0.2, -0.15) is 4.68 Å². The zero-order valence-corrected chi connectivity index (χ0v) is 21.9. The molecule has 0 saturated heterocycles. The maximum Gasteiger partial charge on any atom is 0.214 e. The van der Waals surface area contributed by atoms with E-state index in [9.17, 15) is 4.39 Å². The van der Waals surface area contributed by atoms with Crippen LogP contribution < -0.4 is 14.8 Å². The van der Waals surface area contributed by atoms with E-state index in [0.717, 1.165) is 21.5 Å². The number of nitrogens with zero attached hydrogens (tertiary/aromatic N) is 4. The van der Waals surface area contributed by atoms with Crippen LogP contribution in [0.1, 0.15) is 11.1 Å². The number of rotatable bonds is 11. The molecule has 4 rings (SSSR count). The Morgan fingerprint density at radius 1 is 1.09 bits per heavy atom. The Labute approximate surface area is 220 Å². The summed E-state index contributed by atoms with van der Waals surface area (Å²) in [7, 11) is 1.57. The van der Waals surface area contributed by atoms with Crippen LogP contribution in [-0.2, 0) is 13.2 Å². The second-order valence-electron chi connectivity index (χ2n) is 7.28. The Hall–Kier alpha value is -2.66. The minimum atomic E-state index is -0.416. The Morgan fingerprint density at radius 2 is 1.91 bits per heavy atom. The molecule has 1 heterocycles. The van der Waals surface area contributed by atoms with Crippen molar-refractivity contribution < 1.29 is 13.9 Å². The van der Waals surface area contributed by atoms with E-state index in [1.54, 1.807) is 41.8 Å². The third kappa shape index (κ3) is 6.32. The van der Waals surface area contributed by atoms with Gasteiger partial charge in [0.1, 0.15) is 12.4 Å². The van der Waals surface area contributed by atoms with Crippen LogP contribution in [0.25, 0.3) is 5.69 Å². The van der Waals surface area contributed by atoms with E-state index < -0.39 is 5.82 Å².